The number of oxime groups is 1. The lowest BCUT2D eigenvalue weighted by Crippen LogP contribution is -1.99. The van der Waals surface area contributed by atoms with Crippen molar-refractivity contribution in [3.63, 3.8) is 0 Å². The lowest BCUT2D eigenvalue weighted by Gasteiger charge is -2.12. The van der Waals surface area contributed by atoms with Gasteiger partial charge >= 0.3 is 0 Å². The summed E-state index contributed by atoms with van der Waals surface area (Å²) in [5.74, 6) is 1.41. The van der Waals surface area contributed by atoms with E-state index in [0.717, 1.165) is 5.56 Å². The third-order valence-electron chi connectivity index (χ3n) is 1.96. The van der Waals surface area contributed by atoms with Gasteiger partial charge in [-0.3, -0.25) is 0 Å². The van der Waals surface area contributed by atoms with Crippen LogP contribution >= 0.6 is 0 Å². The molecule has 0 heterocycles. The van der Waals surface area contributed by atoms with Crippen LogP contribution < -0.4 is 9.47 Å². The van der Waals surface area contributed by atoms with Gasteiger partial charge in [0.1, 0.15) is 0 Å². The summed E-state index contributed by atoms with van der Waals surface area (Å²) in [6, 6.07) is 5.64. The van der Waals surface area contributed by atoms with Crippen molar-refractivity contribution in [1.29, 1.82) is 0 Å². The van der Waals surface area contributed by atoms with Crippen LogP contribution in [0.5, 0.6) is 11.5 Å². The van der Waals surface area contributed by atoms with E-state index in [0.29, 0.717) is 24.5 Å². The highest BCUT2D eigenvalue weighted by Crippen LogP contribution is 2.30. The average molecular weight is 209 g/mol. The topological polar surface area (TPSA) is 51.0 Å². The van der Waals surface area contributed by atoms with Gasteiger partial charge in [0, 0.05) is 18.2 Å². The Kier molecular flexibility index (Phi) is 4.47. The van der Waals surface area contributed by atoms with Gasteiger partial charge in [0.2, 0.25) is 0 Å². The van der Waals surface area contributed by atoms with Crippen molar-refractivity contribution in [2.24, 2.45) is 5.16 Å². The summed E-state index contributed by atoms with van der Waals surface area (Å²) in [6.45, 7) is 2.51. The molecular weight excluding hydrogens is 194 g/mol. The molecule has 0 aromatic heterocycles. The summed E-state index contributed by atoms with van der Waals surface area (Å²) in [7, 11) is 1.59. The SMILES string of the molecule is CCOc1cccc(C/C=N/O)c1OC. The van der Waals surface area contributed by atoms with Crippen LogP contribution in [-0.2, 0) is 6.42 Å². The number of ether oxygens (including phenoxy) is 2. The Morgan fingerprint density at radius 3 is 2.87 bits per heavy atom. The molecule has 0 saturated carbocycles. The highest BCUT2D eigenvalue weighted by molar-refractivity contribution is 5.64. The fourth-order valence-electron chi connectivity index (χ4n) is 1.36. The third-order valence-corrected chi connectivity index (χ3v) is 1.96. The quantitative estimate of drug-likeness (QED) is 0.459. The first kappa shape index (κ1) is 11.4. The second-order valence-corrected chi connectivity index (χ2v) is 2.88. The van der Waals surface area contributed by atoms with Crippen LogP contribution in [0.25, 0.3) is 0 Å². The number of hydrogen-bond donors (Lipinski definition) is 1. The van der Waals surface area contributed by atoms with E-state index in [1.807, 2.05) is 25.1 Å². The maximum absolute atomic E-state index is 8.36. The monoisotopic (exact) mass is 209 g/mol. The fourth-order valence-corrected chi connectivity index (χ4v) is 1.36. The first-order valence-corrected chi connectivity index (χ1v) is 4.78. The van der Waals surface area contributed by atoms with E-state index in [1.54, 1.807) is 7.11 Å². The van der Waals surface area contributed by atoms with Gasteiger partial charge < -0.3 is 14.7 Å². The molecule has 15 heavy (non-hydrogen) atoms. The maximum atomic E-state index is 8.36. The van der Waals surface area contributed by atoms with E-state index in [2.05, 4.69) is 5.16 Å². The van der Waals surface area contributed by atoms with Gasteiger partial charge in [0.15, 0.2) is 11.5 Å². The first-order valence-electron chi connectivity index (χ1n) is 4.78. The van der Waals surface area contributed by atoms with Crippen molar-refractivity contribution in [1.82, 2.24) is 0 Å². The fraction of sp³-hybridized carbons (Fsp3) is 0.364. The summed E-state index contributed by atoms with van der Waals surface area (Å²) >= 11 is 0. The van der Waals surface area contributed by atoms with Gasteiger partial charge in [-0.05, 0) is 13.0 Å². The van der Waals surface area contributed by atoms with Crippen LogP contribution in [0.1, 0.15) is 12.5 Å². The maximum Gasteiger partial charge on any atom is 0.164 e. The molecule has 0 radical (unpaired) electrons. The Bertz CT molecular complexity index is 337. The highest BCUT2D eigenvalue weighted by Gasteiger charge is 2.08. The standard InChI is InChI=1S/C11H15NO3/c1-3-15-10-6-4-5-9(7-8-12-13)11(10)14-2/h4-6,8,13H,3,7H2,1-2H3/b12-8+. The molecule has 0 spiro atoms. The molecule has 0 amide bonds. The van der Waals surface area contributed by atoms with Gasteiger partial charge in [0.25, 0.3) is 0 Å². The molecule has 1 N–H and O–H groups in total. The molecule has 1 aromatic rings. The van der Waals surface area contributed by atoms with Gasteiger partial charge in [-0.15, -0.1) is 5.16 Å². The van der Waals surface area contributed by atoms with Gasteiger partial charge in [0.05, 0.1) is 13.7 Å². The number of rotatable bonds is 5. The van der Waals surface area contributed by atoms with Crippen LogP contribution in [0.3, 0.4) is 0 Å². The number of benzene rings is 1. The number of hydrogen-bond acceptors (Lipinski definition) is 4. The summed E-state index contributed by atoms with van der Waals surface area (Å²) in [5, 5.41) is 11.3. The summed E-state index contributed by atoms with van der Waals surface area (Å²) < 4.78 is 10.7. The second-order valence-electron chi connectivity index (χ2n) is 2.88. The lowest BCUT2D eigenvalue weighted by molar-refractivity contribution is 0.309. The Labute approximate surface area is 89.1 Å². The predicted octanol–water partition coefficient (Wildman–Crippen LogP) is 2.10. The molecule has 4 heteroatoms. The molecule has 0 aliphatic rings. The average Bonchev–Trinajstić information content (AvgIpc) is 2.27. The van der Waals surface area contributed by atoms with Crippen LogP contribution in [0, 0.1) is 0 Å². The van der Waals surface area contributed by atoms with Crippen molar-refractivity contribution in [2.45, 2.75) is 13.3 Å². The van der Waals surface area contributed by atoms with Crippen LogP contribution in [0.2, 0.25) is 0 Å². The zero-order valence-corrected chi connectivity index (χ0v) is 8.93. The minimum atomic E-state index is 0.514. The smallest absolute Gasteiger partial charge is 0.164 e. The molecule has 0 bridgehead atoms. The molecular formula is C11H15NO3. The van der Waals surface area contributed by atoms with Crippen molar-refractivity contribution < 1.29 is 14.7 Å². The van der Waals surface area contributed by atoms with Crippen molar-refractivity contribution in [3.05, 3.63) is 23.8 Å². The third kappa shape index (κ3) is 2.87. The second kappa shape index (κ2) is 5.90. The Balaban J connectivity index is 2.98. The zero-order chi connectivity index (χ0) is 11.1. The summed E-state index contributed by atoms with van der Waals surface area (Å²) in [4.78, 5) is 0. The van der Waals surface area contributed by atoms with Gasteiger partial charge in [-0.25, -0.2) is 0 Å². The zero-order valence-electron chi connectivity index (χ0n) is 8.93. The molecule has 0 fully saturated rings. The molecule has 0 aliphatic heterocycles. The van der Waals surface area contributed by atoms with Crippen LogP contribution in [0.4, 0.5) is 0 Å². The van der Waals surface area contributed by atoms with E-state index < -0.39 is 0 Å². The van der Waals surface area contributed by atoms with Crippen LogP contribution in [-0.4, -0.2) is 25.1 Å². The van der Waals surface area contributed by atoms with E-state index in [-0.39, 0.29) is 0 Å². The Hall–Kier alpha value is -1.71. The van der Waals surface area contributed by atoms with Crippen LogP contribution in [0.15, 0.2) is 23.4 Å². The molecule has 82 valence electrons. The number of nitrogens with zero attached hydrogens (tertiary/aromatic N) is 1. The Morgan fingerprint density at radius 1 is 1.47 bits per heavy atom. The largest absolute Gasteiger partial charge is 0.493 e. The molecule has 0 saturated heterocycles. The molecule has 0 atom stereocenters. The minimum absolute atomic E-state index is 0.514. The molecule has 4 nitrogen and oxygen atoms in total. The number of para-hydroxylation sites is 1. The minimum Gasteiger partial charge on any atom is -0.493 e. The lowest BCUT2D eigenvalue weighted by atomic mass is 10.1. The number of methoxy groups -OCH3 is 1. The van der Waals surface area contributed by atoms with Crippen molar-refractivity contribution in [3.8, 4) is 11.5 Å². The summed E-state index contributed by atoms with van der Waals surface area (Å²) in [6.07, 6.45) is 1.92. The molecule has 1 aromatic carbocycles. The molecule has 0 aliphatic carbocycles. The van der Waals surface area contributed by atoms with E-state index in [4.69, 9.17) is 14.7 Å². The first-order chi connectivity index (χ1) is 7.33. The molecule has 0 unspecified atom stereocenters. The molecule has 1 rings (SSSR count). The van der Waals surface area contributed by atoms with E-state index in [9.17, 15) is 0 Å². The highest BCUT2D eigenvalue weighted by atomic mass is 16.5. The van der Waals surface area contributed by atoms with E-state index >= 15 is 0 Å². The predicted molar refractivity (Wildman–Crippen MR) is 58.1 cm³/mol. The van der Waals surface area contributed by atoms with Crippen molar-refractivity contribution in [2.75, 3.05) is 13.7 Å². The normalized spacial score (nSPS) is 10.5. The van der Waals surface area contributed by atoms with Gasteiger partial charge in [-0.1, -0.05) is 12.1 Å². The van der Waals surface area contributed by atoms with Crippen molar-refractivity contribution >= 4 is 6.21 Å². The van der Waals surface area contributed by atoms with Gasteiger partial charge in [-0.2, -0.15) is 0 Å². The van der Waals surface area contributed by atoms with E-state index in [1.165, 1.54) is 6.21 Å². The summed E-state index contributed by atoms with van der Waals surface area (Å²) in [5.41, 5.74) is 0.932. The Morgan fingerprint density at radius 2 is 2.27 bits per heavy atom.